The second-order valence-electron chi connectivity index (χ2n) is 3.38. The molecule has 4 N–H and O–H groups in total. The van der Waals surface area contributed by atoms with Crippen molar-refractivity contribution in [2.75, 3.05) is 0 Å². The van der Waals surface area contributed by atoms with E-state index in [0.29, 0.717) is 5.41 Å². The number of hydrogen-bond donors (Lipinski definition) is 2. The molecule has 0 saturated heterocycles. The van der Waals surface area contributed by atoms with E-state index in [1.165, 1.54) is 0 Å². The molecule has 1 fully saturated rings. The number of rotatable bonds is 0. The van der Waals surface area contributed by atoms with Gasteiger partial charge in [-0.05, 0) is 11.8 Å². The lowest BCUT2D eigenvalue weighted by Crippen LogP contribution is -2.62. The summed E-state index contributed by atoms with van der Waals surface area (Å²) in [6.07, 6.45) is 1.08. The van der Waals surface area contributed by atoms with E-state index in [1.807, 2.05) is 0 Å². The van der Waals surface area contributed by atoms with Crippen molar-refractivity contribution in [3.63, 3.8) is 0 Å². The Kier molecular flexibility index (Phi) is 4.94. The van der Waals surface area contributed by atoms with Crippen molar-refractivity contribution in [1.29, 1.82) is 0 Å². The normalized spacial score (nSPS) is 34.8. The first-order chi connectivity index (χ1) is 3.54. The lowest BCUT2D eigenvalue weighted by molar-refractivity contribution is 0.110. The van der Waals surface area contributed by atoms with Crippen LogP contribution in [0.1, 0.15) is 20.3 Å². The van der Waals surface area contributed by atoms with Gasteiger partial charge in [-0.15, -0.1) is 24.8 Å². The zero-order valence-corrected chi connectivity index (χ0v) is 7.97. The van der Waals surface area contributed by atoms with Gasteiger partial charge in [0.25, 0.3) is 0 Å². The van der Waals surface area contributed by atoms with Crippen molar-refractivity contribution in [2.24, 2.45) is 16.9 Å². The van der Waals surface area contributed by atoms with Gasteiger partial charge in [0.05, 0.1) is 0 Å². The lowest BCUT2D eigenvalue weighted by atomic mass is 9.64. The minimum Gasteiger partial charge on any atom is -0.326 e. The van der Waals surface area contributed by atoms with E-state index < -0.39 is 0 Å². The van der Waals surface area contributed by atoms with Crippen molar-refractivity contribution in [3.05, 3.63) is 0 Å². The fourth-order valence-corrected chi connectivity index (χ4v) is 1.29. The maximum absolute atomic E-state index is 5.67. The molecule has 0 aromatic carbocycles. The van der Waals surface area contributed by atoms with Crippen LogP contribution in [0.15, 0.2) is 0 Å². The van der Waals surface area contributed by atoms with Crippen molar-refractivity contribution in [3.8, 4) is 0 Å². The van der Waals surface area contributed by atoms with Crippen LogP contribution in [0.5, 0.6) is 0 Å². The SMILES string of the molecule is CC1(C)CC(N)C1N.Cl.Cl. The van der Waals surface area contributed by atoms with Crippen molar-refractivity contribution in [2.45, 2.75) is 32.4 Å². The van der Waals surface area contributed by atoms with Crippen molar-refractivity contribution < 1.29 is 0 Å². The standard InChI is InChI=1S/C6H14N2.2ClH/c1-6(2)3-4(7)5(6)8;;/h4-5H,3,7-8H2,1-2H3;2*1H. The summed E-state index contributed by atoms with van der Waals surface area (Å²) in [5.41, 5.74) is 11.6. The highest BCUT2D eigenvalue weighted by atomic mass is 35.5. The molecule has 0 aromatic heterocycles. The molecule has 0 aliphatic heterocycles. The number of nitrogens with two attached hydrogens (primary N) is 2. The minimum absolute atomic E-state index is 0. The largest absolute Gasteiger partial charge is 0.326 e. The molecule has 0 aromatic rings. The average Bonchev–Trinajstić information content (AvgIpc) is 1.65. The molecule has 0 heterocycles. The molecule has 0 spiro atoms. The smallest absolute Gasteiger partial charge is 0.0245 e. The zero-order chi connectivity index (χ0) is 6.36. The van der Waals surface area contributed by atoms with Gasteiger partial charge in [0, 0.05) is 12.1 Å². The summed E-state index contributed by atoms with van der Waals surface area (Å²) in [5, 5.41) is 0. The maximum Gasteiger partial charge on any atom is 0.0245 e. The van der Waals surface area contributed by atoms with Crippen LogP contribution in [0.2, 0.25) is 0 Å². The summed E-state index contributed by atoms with van der Waals surface area (Å²) < 4.78 is 0. The summed E-state index contributed by atoms with van der Waals surface area (Å²) in [4.78, 5) is 0. The van der Waals surface area contributed by atoms with Gasteiger partial charge in [-0.2, -0.15) is 0 Å². The molecule has 2 nitrogen and oxygen atoms in total. The van der Waals surface area contributed by atoms with Crippen LogP contribution in [0.25, 0.3) is 0 Å². The highest BCUT2D eigenvalue weighted by Gasteiger charge is 2.42. The van der Waals surface area contributed by atoms with E-state index in [-0.39, 0.29) is 36.9 Å². The van der Waals surface area contributed by atoms with Crippen LogP contribution < -0.4 is 11.5 Å². The third kappa shape index (κ3) is 1.99. The Balaban J connectivity index is 0. The Morgan fingerprint density at radius 3 is 1.60 bits per heavy atom. The zero-order valence-electron chi connectivity index (χ0n) is 6.33. The quantitative estimate of drug-likeness (QED) is 0.592. The highest BCUT2D eigenvalue weighted by molar-refractivity contribution is 5.85. The van der Waals surface area contributed by atoms with Gasteiger partial charge in [0.1, 0.15) is 0 Å². The molecule has 64 valence electrons. The maximum atomic E-state index is 5.67. The first-order valence-corrected chi connectivity index (χ1v) is 3.05. The van der Waals surface area contributed by atoms with Crippen LogP contribution in [0.4, 0.5) is 0 Å². The van der Waals surface area contributed by atoms with E-state index in [9.17, 15) is 0 Å². The Labute approximate surface area is 74.5 Å². The number of hydrogen-bond acceptors (Lipinski definition) is 2. The monoisotopic (exact) mass is 186 g/mol. The van der Waals surface area contributed by atoms with Crippen molar-refractivity contribution >= 4 is 24.8 Å². The van der Waals surface area contributed by atoms with E-state index in [2.05, 4.69) is 13.8 Å². The molecule has 1 saturated carbocycles. The number of halogens is 2. The van der Waals surface area contributed by atoms with Crippen LogP contribution in [-0.4, -0.2) is 12.1 Å². The van der Waals surface area contributed by atoms with E-state index in [4.69, 9.17) is 11.5 Å². The van der Waals surface area contributed by atoms with Gasteiger partial charge in [0.2, 0.25) is 0 Å². The van der Waals surface area contributed by atoms with E-state index in [0.717, 1.165) is 6.42 Å². The Bertz CT molecular complexity index is 106. The molecule has 4 heteroatoms. The molecule has 2 unspecified atom stereocenters. The molecular weight excluding hydrogens is 171 g/mol. The summed E-state index contributed by atoms with van der Waals surface area (Å²) in [7, 11) is 0. The predicted molar refractivity (Wildman–Crippen MR) is 48.8 cm³/mol. The van der Waals surface area contributed by atoms with Crippen LogP contribution in [0, 0.1) is 5.41 Å². The first kappa shape index (κ1) is 13.1. The second kappa shape index (κ2) is 3.77. The Morgan fingerprint density at radius 1 is 1.20 bits per heavy atom. The Hall–Kier alpha value is 0.500. The van der Waals surface area contributed by atoms with Gasteiger partial charge < -0.3 is 11.5 Å². The lowest BCUT2D eigenvalue weighted by Gasteiger charge is -2.47. The minimum atomic E-state index is 0. The molecule has 1 aliphatic carbocycles. The summed E-state index contributed by atoms with van der Waals surface area (Å²) in [6.45, 7) is 4.31. The summed E-state index contributed by atoms with van der Waals surface area (Å²) >= 11 is 0. The van der Waals surface area contributed by atoms with Gasteiger partial charge in [0.15, 0.2) is 0 Å². The average molecular weight is 187 g/mol. The van der Waals surface area contributed by atoms with Crippen LogP contribution in [0.3, 0.4) is 0 Å². The molecule has 0 radical (unpaired) electrons. The van der Waals surface area contributed by atoms with E-state index >= 15 is 0 Å². The highest BCUT2D eigenvalue weighted by Crippen LogP contribution is 2.37. The molecular formula is C6H16Cl2N2. The molecule has 0 amide bonds. The fourth-order valence-electron chi connectivity index (χ4n) is 1.29. The molecule has 1 aliphatic rings. The predicted octanol–water partition coefficient (Wildman–Crippen LogP) is 0.914. The van der Waals surface area contributed by atoms with Gasteiger partial charge in [-0.3, -0.25) is 0 Å². The summed E-state index contributed by atoms with van der Waals surface area (Å²) in [5.74, 6) is 0. The van der Waals surface area contributed by atoms with Crippen molar-refractivity contribution in [1.82, 2.24) is 0 Å². The Morgan fingerprint density at radius 2 is 1.60 bits per heavy atom. The fraction of sp³-hybridized carbons (Fsp3) is 1.00. The molecule has 1 rings (SSSR count). The summed E-state index contributed by atoms with van der Waals surface area (Å²) in [6, 6.07) is 0.479. The molecule has 10 heavy (non-hydrogen) atoms. The second-order valence-corrected chi connectivity index (χ2v) is 3.38. The van der Waals surface area contributed by atoms with Gasteiger partial charge >= 0.3 is 0 Å². The molecule has 2 atom stereocenters. The van der Waals surface area contributed by atoms with E-state index in [1.54, 1.807) is 0 Å². The van der Waals surface area contributed by atoms with Gasteiger partial charge in [-0.25, -0.2) is 0 Å². The third-order valence-electron chi connectivity index (χ3n) is 2.13. The van der Waals surface area contributed by atoms with Crippen LogP contribution in [-0.2, 0) is 0 Å². The van der Waals surface area contributed by atoms with Crippen LogP contribution >= 0.6 is 24.8 Å². The van der Waals surface area contributed by atoms with Gasteiger partial charge in [-0.1, -0.05) is 13.8 Å². The first-order valence-electron chi connectivity index (χ1n) is 3.05. The third-order valence-corrected chi connectivity index (χ3v) is 2.13. The molecule has 0 bridgehead atoms. The topological polar surface area (TPSA) is 52.0 Å².